The Hall–Kier alpha value is -2.26. The molecule has 0 unspecified atom stereocenters. The van der Waals surface area contributed by atoms with Crippen LogP contribution in [0.2, 0.25) is 0 Å². The molecule has 0 saturated heterocycles. The molecule has 0 N–H and O–H groups in total. The summed E-state index contributed by atoms with van der Waals surface area (Å²) >= 11 is 0. The highest BCUT2D eigenvalue weighted by molar-refractivity contribution is 6.13. The van der Waals surface area contributed by atoms with E-state index < -0.39 is 0 Å². The minimum Gasteiger partial charge on any atom is -0.101 e. The zero-order valence-electron chi connectivity index (χ0n) is 18.0. The first-order valence-electron chi connectivity index (χ1n) is 9.50. The highest BCUT2D eigenvalue weighted by atomic mass is 14.2. The van der Waals surface area contributed by atoms with Crippen molar-refractivity contribution >= 4 is 21.5 Å². The Bertz CT molecular complexity index is 1080. The number of hydrogen-bond acceptors (Lipinski definition) is 0. The van der Waals surface area contributed by atoms with Crippen molar-refractivity contribution < 1.29 is 0 Å². The molecule has 0 spiro atoms. The van der Waals surface area contributed by atoms with Crippen LogP contribution in [0, 0.1) is 74.2 Å². The van der Waals surface area contributed by atoms with Crippen LogP contribution in [0.25, 0.3) is 21.5 Å². The number of rotatable bonds is 0. The molecule has 0 amide bonds. The van der Waals surface area contributed by atoms with Crippen LogP contribution in [0.3, 0.4) is 0 Å². The zero-order chi connectivity index (χ0) is 19.5. The Morgan fingerprint density at radius 1 is 0.385 bits per heavy atom. The van der Waals surface area contributed by atoms with Crippen molar-refractivity contribution in [2.75, 3.05) is 0 Å². The van der Waals surface area contributed by atoms with Crippen molar-refractivity contribution in [2.24, 2.45) is 0 Å². The van der Waals surface area contributed by atoms with Crippen molar-refractivity contribution in [1.82, 2.24) is 0 Å². The smallest absolute Gasteiger partial charge is 0.0407 e. The van der Waals surface area contributed by atoms with Crippen molar-refractivity contribution in [1.29, 1.82) is 0 Å². The lowest BCUT2D eigenvalue weighted by molar-refractivity contribution is 1.23. The highest BCUT2D eigenvalue weighted by Crippen LogP contribution is 2.42. The van der Waals surface area contributed by atoms with Crippen LogP contribution < -0.4 is 0 Å². The first kappa shape index (κ1) is 18.5. The molecule has 0 aliphatic heterocycles. The fraction of sp³-hybridized carbons (Fsp3) is 0.385. The predicted molar refractivity (Wildman–Crippen MR) is 117 cm³/mol. The third-order valence-corrected chi connectivity index (χ3v) is 6.88. The van der Waals surface area contributed by atoms with E-state index in [0.29, 0.717) is 0 Å². The summed E-state index contributed by atoms with van der Waals surface area (Å²) in [5.41, 5.74) is 13.8. The standard InChI is InChI=1S/C26H30/c1-11-12-22-25-19(8)15(4)13(2)17(6)23(25)21(10)24-18(7)14(3)16(5)20(9)26(22)24/h1-10H3. The van der Waals surface area contributed by atoms with Gasteiger partial charge in [0.15, 0.2) is 0 Å². The molecule has 0 fully saturated rings. The molecule has 0 bridgehead atoms. The summed E-state index contributed by atoms with van der Waals surface area (Å²) in [5, 5.41) is 5.52. The maximum absolute atomic E-state index is 3.50. The van der Waals surface area contributed by atoms with Gasteiger partial charge in [0.1, 0.15) is 0 Å². The van der Waals surface area contributed by atoms with E-state index in [9.17, 15) is 0 Å². The van der Waals surface area contributed by atoms with E-state index in [2.05, 4.69) is 74.2 Å². The van der Waals surface area contributed by atoms with Crippen LogP contribution in [0.4, 0.5) is 0 Å². The fourth-order valence-corrected chi connectivity index (χ4v) is 4.69. The van der Waals surface area contributed by atoms with Gasteiger partial charge in [-0.3, -0.25) is 0 Å². The summed E-state index contributed by atoms with van der Waals surface area (Å²) in [5.74, 6) is 6.70. The first-order valence-corrected chi connectivity index (χ1v) is 9.50. The molecular weight excluding hydrogens is 312 g/mol. The molecule has 0 radical (unpaired) electrons. The lowest BCUT2D eigenvalue weighted by atomic mass is 9.80. The Morgan fingerprint density at radius 3 is 1.00 bits per heavy atom. The summed E-state index contributed by atoms with van der Waals surface area (Å²) in [7, 11) is 0. The van der Waals surface area contributed by atoms with Gasteiger partial charge < -0.3 is 0 Å². The van der Waals surface area contributed by atoms with Gasteiger partial charge in [0.25, 0.3) is 0 Å². The highest BCUT2D eigenvalue weighted by Gasteiger charge is 2.21. The van der Waals surface area contributed by atoms with Gasteiger partial charge in [-0.15, -0.1) is 5.92 Å². The fourth-order valence-electron chi connectivity index (χ4n) is 4.69. The van der Waals surface area contributed by atoms with Gasteiger partial charge in [-0.05, 0) is 130 Å². The number of aryl methyl sites for hydroxylation is 5. The van der Waals surface area contributed by atoms with E-state index in [0.717, 1.165) is 0 Å². The van der Waals surface area contributed by atoms with E-state index in [1.807, 2.05) is 6.92 Å². The Balaban J connectivity index is 2.89. The van der Waals surface area contributed by atoms with Crippen LogP contribution in [0.1, 0.15) is 62.6 Å². The first-order chi connectivity index (χ1) is 12.1. The molecule has 0 saturated carbocycles. The van der Waals surface area contributed by atoms with E-state index >= 15 is 0 Å². The molecule has 3 aromatic rings. The quantitative estimate of drug-likeness (QED) is 0.301. The number of hydrogen-bond donors (Lipinski definition) is 0. The third-order valence-electron chi connectivity index (χ3n) is 6.88. The number of benzene rings is 3. The largest absolute Gasteiger partial charge is 0.101 e. The minimum absolute atomic E-state index is 1.22. The molecule has 0 nitrogen and oxygen atoms in total. The molecule has 0 heterocycles. The minimum atomic E-state index is 1.22. The zero-order valence-corrected chi connectivity index (χ0v) is 18.0. The Labute approximate surface area is 158 Å². The second-order valence-corrected chi connectivity index (χ2v) is 7.88. The van der Waals surface area contributed by atoms with Crippen molar-refractivity contribution in [3.05, 3.63) is 55.6 Å². The van der Waals surface area contributed by atoms with Gasteiger partial charge >= 0.3 is 0 Å². The van der Waals surface area contributed by atoms with Crippen molar-refractivity contribution in [2.45, 2.75) is 69.2 Å². The van der Waals surface area contributed by atoms with Crippen molar-refractivity contribution in [3.63, 3.8) is 0 Å². The molecule has 0 aliphatic rings. The summed E-state index contributed by atoms with van der Waals surface area (Å²) in [4.78, 5) is 0. The normalized spacial score (nSPS) is 11.2. The van der Waals surface area contributed by atoms with Gasteiger partial charge in [-0.25, -0.2) is 0 Å². The summed E-state index contributed by atoms with van der Waals surface area (Å²) < 4.78 is 0. The maximum Gasteiger partial charge on any atom is 0.0407 e. The summed E-state index contributed by atoms with van der Waals surface area (Å²) in [6.07, 6.45) is 0. The average molecular weight is 343 g/mol. The Morgan fingerprint density at radius 2 is 0.692 bits per heavy atom. The van der Waals surface area contributed by atoms with E-state index in [1.165, 1.54) is 77.2 Å². The molecule has 0 heteroatoms. The topological polar surface area (TPSA) is 0 Å². The molecule has 0 aromatic heterocycles. The van der Waals surface area contributed by atoms with Crippen LogP contribution >= 0.6 is 0 Å². The van der Waals surface area contributed by atoms with Gasteiger partial charge in [-0.2, -0.15) is 0 Å². The molecule has 3 rings (SSSR count). The predicted octanol–water partition coefficient (Wildman–Crippen LogP) is 7.14. The monoisotopic (exact) mass is 342 g/mol. The van der Waals surface area contributed by atoms with Crippen molar-refractivity contribution in [3.8, 4) is 11.8 Å². The molecule has 26 heavy (non-hydrogen) atoms. The molecule has 3 aromatic carbocycles. The second kappa shape index (κ2) is 6.17. The Kier molecular flexibility index (Phi) is 4.40. The average Bonchev–Trinajstić information content (AvgIpc) is 2.61. The van der Waals surface area contributed by atoms with E-state index in [-0.39, 0.29) is 0 Å². The van der Waals surface area contributed by atoms with Gasteiger partial charge in [0, 0.05) is 16.3 Å². The number of fused-ring (bicyclic) bond motifs is 2. The van der Waals surface area contributed by atoms with E-state index in [4.69, 9.17) is 0 Å². The van der Waals surface area contributed by atoms with Crippen LogP contribution in [-0.2, 0) is 0 Å². The molecule has 0 aliphatic carbocycles. The lowest BCUT2D eigenvalue weighted by Crippen LogP contribution is -2.03. The van der Waals surface area contributed by atoms with Crippen LogP contribution in [-0.4, -0.2) is 0 Å². The third kappa shape index (κ3) is 2.23. The lowest BCUT2D eigenvalue weighted by Gasteiger charge is -2.23. The van der Waals surface area contributed by atoms with Crippen LogP contribution in [0.5, 0.6) is 0 Å². The molecular formula is C26H30. The SMILES string of the molecule is CC#Cc1c2c(C)c(C)c(C)c(C)c2c(C)c2c(C)c(C)c(C)c(C)c12. The second-order valence-electron chi connectivity index (χ2n) is 7.88. The van der Waals surface area contributed by atoms with Crippen LogP contribution in [0.15, 0.2) is 0 Å². The van der Waals surface area contributed by atoms with E-state index in [1.54, 1.807) is 0 Å². The van der Waals surface area contributed by atoms with Gasteiger partial charge in [-0.1, -0.05) is 5.92 Å². The van der Waals surface area contributed by atoms with Gasteiger partial charge in [0.2, 0.25) is 0 Å². The summed E-state index contributed by atoms with van der Waals surface area (Å²) in [6, 6.07) is 0. The molecule has 134 valence electrons. The van der Waals surface area contributed by atoms with Gasteiger partial charge in [0.05, 0.1) is 0 Å². The maximum atomic E-state index is 3.50. The summed E-state index contributed by atoms with van der Waals surface area (Å²) in [6.45, 7) is 22.3. The molecule has 0 atom stereocenters.